The number of nitrogens with one attached hydrogen (secondary N) is 1. The normalized spacial score (nSPS) is 22.8. The predicted octanol–water partition coefficient (Wildman–Crippen LogP) is 1.89. The molecule has 2 heterocycles. The zero-order valence-corrected chi connectivity index (χ0v) is 11.5. The van der Waals surface area contributed by atoms with Crippen molar-refractivity contribution in [3.05, 3.63) is 11.8 Å². The summed E-state index contributed by atoms with van der Waals surface area (Å²) in [5, 5.41) is 6.45. The molecule has 5 nitrogen and oxygen atoms in total. The molecule has 0 bridgehead atoms. The van der Waals surface area contributed by atoms with Crippen LogP contribution in [0.2, 0.25) is 0 Å². The number of hydrogen-bond donors (Lipinski definition) is 1. The number of ether oxygens (including phenoxy) is 2. The molecule has 2 rings (SSSR count). The Kier molecular flexibility index (Phi) is 4.75. The van der Waals surface area contributed by atoms with Gasteiger partial charge in [-0.15, -0.1) is 6.42 Å². The van der Waals surface area contributed by atoms with E-state index >= 15 is 0 Å². The highest BCUT2D eigenvalue weighted by Crippen LogP contribution is 2.31. The molecule has 1 aliphatic heterocycles. The lowest BCUT2D eigenvalue weighted by atomic mass is 10.1. The molecule has 1 aromatic rings. The van der Waals surface area contributed by atoms with Crippen molar-refractivity contribution in [1.82, 2.24) is 15.1 Å². The Morgan fingerprint density at radius 1 is 1.48 bits per heavy atom. The van der Waals surface area contributed by atoms with Gasteiger partial charge in [0.15, 0.2) is 11.9 Å². The number of rotatable bonds is 4. The molecule has 8 heteroatoms. The zero-order valence-electron chi connectivity index (χ0n) is 11.5. The molecule has 21 heavy (non-hydrogen) atoms. The molecule has 2 atom stereocenters. The molecule has 0 aliphatic carbocycles. The first kappa shape index (κ1) is 15.7. The van der Waals surface area contributed by atoms with Gasteiger partial charge in [0.25, 0.3) is 0 Å². The van der Waals surface area contributed by atoms with Crippen molar-refractivity contribution < 1.29 is 22.6 Å². The molecule has 1 aromatic heterocycles. The Bertz CT molecular complexity index is 522. The van der Waals surface area contributed by atoms with Crippen LogP contribution in [0.4, 0.5) is 13.2 Å². The highest BCUT2D eigenvalue weighted by atomic mass is 19.4. The first-order valence-electron chi connectivity index (χ1n) is 6.49. The number of aromatic nitrogens is 2. The molecule has 1 fully saturated rings. The van der Waals surface area contributed by atoms with E-state index in [0.29, 0.717) is 6.42 Å². The Morgan fingerprint density at radius 2 is 2.19 bits per heavy atom. The number of terminal acetylenes is 1. The molecule has 1 N–H and O–H groups in total. The largest absolute Gasteiger partial charge is 0.459 e. The van der Waals surface area contributed by atoms with Crippen LogP contribution in [0.1, 0.15) is 25.0 Å². The summed E-state index contributed by atoms with van der Waals surface area (Å²) in [6, 6.07) is 0.883. The summed E-state index contributed by atoms with van der Waals surface area (Å²) in [6.07, 6.45) is 2.22. The monoisotopic (exact) mass is 303 g/mol. The van der Waals surface area contributed by atoms with Crippen molar-refractivity contribution in [3.8, 4) is 18.2 Å². The molecule has 1 aliphatic rings. The summed E-state index contributed by atoms with van der Waals surface area (Å²) in [5.74, 6) is 2.42. The van der Waals surface area contributed by atoms with Crippen LogP contribution in [0.5, 0.6) is 5.88 Å². The van der Waals surface area contributed by atoms with Crippen molar-refractivity contribution in [1.29, 1.82) is 0 Å². The quantitative estimate of drug-likeness (QED) is 0.863. The summed E-state index contributed by atoms with van der Waals surface area (Å²) in [6.45, 7) is 0.175. The van der Waals surface area contributed by atoms with Gasteiger partial charge >= 0.3 is 6.18 Å². The van der Waals surface area contributed by atoms with Crippen molar-refractivity contribution in [2.75, 3.05) is 6.61 Å². The van der Waals surface area contributed by atoms with Crippen LogP contribution in [0, 0.1) is 12.3 Å². The van der Waals surface area contributed by atoms with Gasteiger partial charge in [-0.2, -0.15) is 18.3 Å². The fourth-order valence-electron chi connectivity index (χ4n) is 2.08. The molecule has 116 valence electrons. The topological polar surface area (TPSA) is 48.3 Å². The highest BCUT2D eigenvalue weighted by Gasteiger charge is 2.35. The smallest absolute Gasteiger partial charge is 0.435 e. The first-order valence-corrected chi connectivity index (χ1v) is 6.49. The summed E-state index contributed by atoms with van der Waals surface area (Å²) >= 11 is 0. The van der Waals surface area contributed by atoms with E-state index in [0.717, 1.165) is 23.6 Å². The molecule has 0 spiro atoms. The number of nitrogens with zero attached hydrogens (tertiary/aromatic N) is 2. The van der Waals surface area contributed by atoms with Gasteiger partial charge < -0.3 is 9.47 Å². The fraction of sp³-hybridized carbons (Fsp3) is 0.615. The third-order valence-electron chi connectivity index (χ3n) is 3.06. The lowest BCUT2D eigenvalue weighted by Crippen LogP contribution is -2.47. The Morgan fingerprint density at radius 3 is 2.81 bits per heavy atom. The number of alkyl halides is 3. The average Bonchev–Trinajstić information content (AvgIpc) is 2.78. The summed E-state index contributed by atoms with van der Waals surface area (Å²) in [7, 11) is 1.40. The van der Waals surface area contributed by atoms with Gasteiger partial charge in [-0.1, -0.05) is 5.92 Å². The maximum Gasteiger partial charge on any atom is 0.435 e. The third kappa shape index (κ3) is 4.12. The lowest BCUT2D eigenvalue weighted by Gasteiger charge is -2.30. The third-order valence-corrected chi connectivity index (χ3v) is 3.06. The van der Waals surface area contributed by atoms with Crippen molar-refractivity contribution in [3.63, 3.8) is 0 Å². The second-order valence-electron chi connectivity index (χ2n) is 4.70. The molecule has 0 radical (unpaired) electrons. The number of halogens is 3. The van der Waals surface area contributed by atoms with E-state index in [1.54, 1.807) is 0 Å². The first-order chi connectivity index (χ1) is 9.90. The zero-order chi connectivity index (χ0) is 15.5. The van der Waals surface area contributed by atoms with Crippen LogP contribution in [0.3, 0.4) is 0 Å². The van der Waals surface area contributed by atoms with E-state index in [4.69, 9.17) is 15.9 Å². The average molecular weight is 303 g/mol. The number of hydrogen-bond acceptors (Lipinski definition) is 4. The van der Waals surface area contributed by atoms with Gasteiger partial charge in [0.1, 0.15) is 12.8 Å². The molecular weight excluding hydrogens is 287 g/mol. The van der Waals surface area contributed by atoms with E-state index in [1.807, 2.05) is 0 Å². The number of piperidine rings is 1. The minimum Gasteiger partial charge on any atom is -0.459 e. The van der Waals surface area contributed by atoms with E-state index in [1.165, 1.54) is 7.05 Å². The maximum atomic E-state index is 12.6. The van der Waals surface area contributed by atoms with Crippen molar-refractivity contribution in [2.24, 2.45) is 7.05 Å². The van der Waals surface area contributed by atoms with Crippen LogP contribution in [-0.2, 0) is 18.0 Å². The van der Waals surface area contributed by atoms with Crippen LogP contribution in [0.15, 0.2) is 6.07 Å². The van der Waals surface area contributed by atoms with Crippen molar-refractivity contribution in [2.45, 2.75) is 37.9 Å². The molecule has 1 saturated heterocycles. The van der Waals surface area contributed by atoms with E-state index in [2.05, 4.69) is 16.3 Å². The Balaban J connectivity index is 1.98. The summed E-state index contributed by atoms with van der Waals surface area (Å²) in [5.41, 5.74) is -0.976. The van der Waals surface area contributed by atoms with Gasteiger partial charge in [0.05, 0.1) is 0 Å². The molecule has 0 amide bonds. The summed E-state index contributed by atoms with van der Waals surface area (Å²) in [4.78, 5) is 0. The lowest BCUT2D eigenvalue weighted by molar-refractivity contribution is -0.141. The molecule has 0 saturated carbocycles. The van der Waals surface area contributed by atoms with Gasteiger partial charge in [0.2, 0.25) is 5.88 Å². The van der Waals surface area contributed by atoms with Gasteiger partial charge in [-0.25, -0.2) is 4.68 Å². The van der Waals surface area contributed by atoms with Crippen LogP contribution in [0.25, 0.3) is 0 Å². The van der Waals surface area contributed by atoms with Gasteiger partial charge in [-0.05, 0) is 19.3 Å². The van der Waals surface area contributed by atoms with Crippen LogP contribution >= 0.6 is 0 Å². The van der Waals surface area contributed by atoms with Gasteiger partial charge in [0, 0.05) is 13.1 Å². The minimum absolute atomic E-state index is 0.0532. The van der Waals surface area contributed by atoms with E-state index in [9.17, 15) is 13.2 Å². The minimum atomic E-state index is -4.49. The fourth-order valence-corrected chi connectivity index (χ4v) is 2.08. The van der Waals surface area contributed by atoms with Crippen LogP contribution < -0.4 is 10.1 Å². The van der Waals surface area contributed by atoms with E-state index < -0.39 is 18.1 Å². The van der Waals surface area contributed by atoms with E-state index in [-0.39, 0.29) is 18.7 Å². The second kappa shape index (κ2) is 6.37. The maximum absolute atomic E-state index is 12.6. The molecular formula is C13H16F3N3O2. The number of aryl methyl sites for hydroxylation is 1. The SMILES string of the molecule is C#CCOC1CCCC(Oc2cc(C(F)(F)F)nn2C)N1. The van der Waals surface area contributed by atoms with Gasteiger partial charge in [-0.3, -0.25) is 5.32 Å². The Labute approximate surface area is 120 Å². The van der Waals surface area contributed by atoms with Crippen LogP contribution in [-0.4, -0.2) is 28.8 Å². The Hall–Kier alpha value is -1.72. The van der Waals surface area contributed by atoms with Crippen molar-refractivity contribution >= 4 is 0 Å². The molecule has 2 unspecified atom stereocenters. The predicted molar refractivity (Wildman–Crippen MR) is 68.2 cm³/mol. The highest BCUT2D eigenvalue weighted by molar-refractivity contribution is 5.18. The summed E-state index contributed by atoms with van der Waals surface area (Å²) < 4.78 is 49.7. The second-order valence-corrected chi connectivity index (χ2v) is 4.70. The molecule has 0 aromatic carbocycles. The standard InChI is InChI=1S/C13H16F3N3O2/c1-3-7-20-10-5-4-6-11(17-10)21-12-8-9(13(14,15)16)18-19(12)2/h1,8,10-11,17H,4-7H2,2H3.